The van der Waals surface area contributed by atoms with Crippen LogP contribution in [-0.2, 0) is 14.8 Å². The van der Waals surface area contributed by atoms with Crippen molar-refractivity contribution in [2.24, 2.45) is 0 Å². The van der Waals surface area contributed by atoms with Crippen molar-refractivity contribution in [3.05, 3.63) is 36.0 Å². The van der Waals surface area contributed by atoms with Crippen LogP contribution in [0.2, 0.25) is 0 Å². The molecule has 1 aromatic heterocycles. The van der Waals surface area contributed by atoms with E-state index in [1.165, 1.54) is 24.0 Å². The lowest BCUT2D eigenvalue weighted by molar-refractivity contribution is -0.116. The molecule has 2 rings (SSSR count). The quantitative estimate of drug-likeness (QED) is 0.883. The van der Waals surface area contributed by atoms with Gasteiger partial charge in [-0.25, -0.2) is 13.1 Å². The van der Waals surface area contributed by atoms with Crippen molar-refractivity contribution in [2.45, 2.75) is 31.7 Å². The van der Waals surface area contributed by atoms with Gasteiger partial charge >= 0.3 is 0 Å². The van der Waals surface area contributed by atoms with Crippen molar-refractivity contribution in [3.63, 3.8) is 0 Å². The van der Waals surface area contributed by atoms with E-state index in [0.29, 0.717) is 11.6 Å². The zero-order valence-corrected chi connectivity index (χ0v) is 14.1. The van der Waals surface area contributed by atoms with Gasteiger partial charge < -0.3 is 9.42 Å². The summed E-state index contributed by atoms with van der Waals surface area (Å²) in [5, 5.41) is 3.69. The molecule has 1 aromatic carbocycles. The molecule has 8 nitrogen and oxygen atoms in total. The lowest BCUT2D eigenvalue weighted by atomic mass is 10.3. The van der Waals surface area contributed by atoms with E-state index in [2.05, 4.69) is 14.9 Å². The van der Waals surface area contributed by atoms with E-state index in [1.807, 2.05) is 0 Å². The van der Waals surface area contributed by atoms with E-state index in [1.54, 1.807) is 33.0 Å². The van der Waals surface area contributed by atoms with Crippen molar-refractivity contribution in [1.29, 1.82) is 0 Å². The van der Waals surface area contributed by atoms with Gasteiger partial charge in [0.15, 0.2) is 5.82 Å². The maximum atomic E-state index is 12.4. The Morgan fingerprint density at radius 1 is 1.30 bits per heavy atom. The molecule has 0 fully saturated rings. The van der Waals surface area contributed by atoms with Crippen molar-refractivity contribution in [2.75, 3.05) is 11.9 Å². The number of carbonyl (C=O) groups is 1. The second kappa shape index (κ2) is 6.47. The summed E-state index contributed by atoms with van der Waals surface area (Å²) in [7, 11) is -2.12. The van der Waals surface area contributed by atoms with Crippen LogP contribution < -0.4 is 9.62 Å². The predicted octanol–water partition coefficient (Wildman–Crippen LogP) is 1.40. The van der Waals surface area contributed by atoms with Crippen LogP contribution >= 0.6 is 0 Å². The Bertz CT molecular complexity index is 798. The van der Waals surface area contributed by atoms with Crippen LogP contribution in [0, 0.1) is 6.92 Å². The van der Waals surface area contributed by atoms with Gasteiger partial charge in [0.05, 0.1) is 10.9 Å². The third-order valence-electron chi connectivity index (χ3n) is 3.27. The highest BCUT2D eigenvalue weighted by atomic mass is 32.2. The van der Waals surface area contributed by atoms with Gasteiger partial charge in [-0.1, -0.05) is 5.16 Å². The molecule has 0 aliphatic heterocycles. The normalized spacial score (nSPS) is 12.9. The molecule has 1 heterocycles. The van der Waals surface area contributed by atoms with Gasteiger partial charge in [-0.2, -0.15) is 4.98 Å². The Hall–Kier alpha value is -2.26. The summed E-state index contributed by atoms with van der Waals surface area (Å²) in [6, 6.07) is 5.38. The minimum Gasteiger partial charge on any atom is -0.340 e. The van der Waals surface area contributed by atoms with Crippen LogP contribution in [0.1, 0.15) is 31.6 Å². The standard InChI is InChI=1S/C14H18N4O4S/c1-9(14-15-10(2)22-16-14)17-23(20,21)13-7-5-12(6-8-13)18(4)11(3)19/h5-9,17H,1-4H3/t9-/m1/s1. The van der Waals surface area contributed by atoms with E-state index in [4.69, 9.17) is 4.52 Å². The summed E-state index contributed by atoms with van der Waals surface area (Å²) in [6.45, 7) is 4.68. The lowest BCUT2D eigenvalue weighted by Gasteiger charge is -2.16. The number of carbonyl (C=O) groups excluding carboxylic acids is 1. The maximum Gasteiger partial charge on any atom is 0.241 e. The van der Waals surface area contributed by atoms with Gasteiger partial charge in [0.2, 0.25) is 21.8 Å². The molecule has 0 radical (unpaired) electrons. The molecule has 124 valence electrons. The largest absolute Gasteiger partial charge is 0.340 e. The van der Waals surface area contributed by atoms with Crippen LogP contribution in [0.3, 0.4) is 0 Å². The summed E-state index contributed by atoms with van der Waals surface area (Å²) in [5.74, 6) is 0.488. The number of sulfonamides is 1. The smallest absolute Gasteiger partial charge is 0.241 e. The number of amides is 1. The topological polar surface area (TPSA) is 105 Å². The third kappa shape index (κ3) is 3.93. The Morgan fingerprint density at radius 3 is 2.39 bits per heavy atom. The predicted molar refractivity (Wildman–Crippen MR) is 83.3 cm³/mol. The minimum absolute atomic E-state index is 0.0882. The zero-order chi connectivity index (χ0) is 17.2. The summed E-state index contributed by atoms with van der Waals surface area (Å²) < 4.78 is 32.0. The Morgan fingerprint density at radius 2 is 1.91 bits per heavy atom. The molecule has 0 aliphatic carbocycles. The Kier molecular flexibility index (Phi) is 4.81. The molecule has 0 saturated heterocycles. The average molecular weight is 338 g/mol. The first kappa shape index (κ1) is 17.1. The molecule has 2 aromatic rings. The average Bonchev–Trinajstić information content (AvgIpc) is 2.93. The lowest BCUT2D eigenvalue weighted by Crippen LogP contribution is -2.28. The summed E-state index contributed by atoms with van der Waals surface area (Å²) in [5.41, 5.74) is 0.610. The molecule has 1 amide bonds. The third-order valence-corrected chi connectivity index (χ3v) is 4.83. The number of hydrogen-bond donors (Lipinski definition) is 1. The fourth-order valence-corrected chi connectivity index (χ4v) is 3.08. The van der Waals surface area contributed by atoms with Crippen LogP contribution in [-0.4, -0.2) is 31.5 Å². The number of aryl methyl sites for hydroxylation is 1. The van der Waals surface area contributed by atoms with Gasteiger partial charge in [-0.05, 0) is 31.2 Å². The second-order valence-corrected chi connectivity index (χ2v) is 6.80. The molecular weight excluding hydrogens is 320 g/mol. The first-order valence-electron chi connectivity index (χ1n) is 6.87. The van der Waals surface area contributed by atoms with E-state index in [-0.39, 0.29) is 16.6 Å². The molecule has 0 saturated carbocycles. The molecule has 0 spiro atoms. The highest BCUT2D eigenvalue weighted by Gasteiger charge is 2.21. The van der Waals surface area contributed by atoms with Crippen molar-refractivity contribution >= 4 is 21.6 Å². The van der Waals surface area contributed by atoms with Gasteiger partial charge in [-0.3, -0.25) is 4.79 Å². The molecule has 0 unspecified atom stereocenters. The van der Waals surface area contributed by atoms with Crippen molar-refractivity contribution < 1.29 is 17.7 Å². The van der Waals surface area contributed by atoms with E-state index in [0.717, 1.165) is 0 Å². The van der Waals surface area contributed by atoms with E-state index < -0.39 is 16.1 Å². The summed E-state index contributed by atoms with van der Waals surface area (Å²) in [6.07, 6.45) is 0. The minimum atomic E-state index is -3.74. The summed E-state index contributed by atoms with van der Waals surface area (Å²) in [4.78, 5) is 16.8. The first-order chi connectivity index (χ1) is 10.7. The summed E-state index contributed by atoms with van der Waals surface area (Å²) >= 11 is 0. The van der Waals surface area contributed by atoms with Gasteiger partial charge in [-0.15, -0.1) is 0 Å². The number of anilines is 1. The number of nitrogens with one attached hydrogen (secondary N) is 1. The molecule has 23 heavy (non-hydrogen) atoms. The highest BCUT2D eigenvalue weighted by molar-refractivity contribution is 7.89. The SMILES string of the molecule is CC(=O)N(C)c1ccc(S(=O)(=O)N[C@H](C)c2noc(C)n2)cc1. The highest BCUT2D eigenvalue weighted by Crippen LogP contribution is 2.19. The van der Waals surface area contributed by atoms with Gasteiger partial charge in [0.1, 0.15) is 0 Å². The number of aromatic nitrogens is 2. The molecule has 0 aliphatic rings. The first-order valence-corrected chi connectivity index (χ1v) is 8.36. The molecule has 1 N–H and O–H groups in total. The maximum absolute atomic E-state index is 12.4. The van der Waals surface area contributed by atoms with Crippen LogP contribution in [0.25, 0.3) is 0 Å². The number of rotatable bonds is 5. The number of nitrogens with zero attached hydrogens (tertiary/aromatic N) is 3. The Labute approximate surface area is 134 Å². The molecular formula is C14H18N4O4S. The van der Waals surface area contributed by atoms with Crippen LogP contribution in [0.5, 0.6) is 0 Å². The number of benzene rings is 1. The zero-order valence-electron chi connectivity index (χ0n) is 13.3. The van der Waals surface area contributed by atoms with Gasteiger partial charge in [0, 0.05) is 26.6 Å². The fraction of sp³-hybridized carbons (Fsp3) is 0.357. The van der Waals surface area contributed by atoms with Gasteiger partial charge in [0.25, 0.3) is 0 Å². The second-order valence-electron chi connectivity index (χ2n) is 5.09. The van der Waals surface area contributed by atoms with E-state index in [9.17, 15) is 13.2 Å². The molecule has 9 heteroatoms. The van der Waals surface area contributed by atoms with Crippen molar-refractivity contribution in [1.82, 2.24) is 14.9 Å². The van der Waals surface area contributed by atoms with Crippen LogP contribution in [0.4, 0.5) is 5.69 Å². The van der Waals surface area contributed by atoms with Crippen LogP contribution in [0.15, 0.2) is 33.7 Å². The molecule has 0 bridgehead atoms. The fourth-order valence-electron chi connectivity index (χ4n) is 1.88. The van der Waals surface area contributed by atoms with Crippen molar-refractivity contribution in [3.8, 4) is 0 Å². The molecule has 1 atom stereocenters. The monoisotopic (exact) mass is 338 g/mol. The van der Waals surface area contributed by atoms with E-state index >= 15 is 0 Å². The Balaban J connectivity index is 2.18. The number of hydrogen-bond acceptors (Lipinski definition) is 6.